The molecule has 0 fully saturated rings. The first-order valence-corrected chi connectivity index (χ1v) is 6.54. The van der Waals surface area contributed by atoms with Crippen molar-refractivity contribution in [1.82, 2.24) is 4.98 Å². The van der Waals surface area contributed by atoms with Gasteiger partial charge in [-0.2, -0.15) is 0 Å². The number of aromatic amines is 1. The highest BCUT2D eigenvalue weighted by molar-refractivity contribution is 8.14. The van der Waals surface area contributed by atoms with E-state index in [2.05, 4.69) is 4.98 Å². The molecule has 1 aromatic heterocycles. The number of H-pyrrole nitrogens is 1. The van der Waals surface area contributed by atoms with Gasteiger partial charge in [-0.1, -0.05) is 12.1 Å². The molecule has 86 valence electrons. The SMILES string of the molecule is O=S(=O)(Cl)c1c[nH]c2cc(C(F)F)ccc12. The highest BCUT2D eigenvalue weighted by atomic mass is 35.7. The van der Waals surface area contributed by atoms with Gasteiger partial charge in [0.1, 0.15) is 4.90 Å². The van der Waals surface area contributed by atoms with Crippen molar-refractivity contribution in [3.8, 4) is 0 Å². The lowest BCUT2D eigenvalue weighted by Gasteiger charge is -1.99. The van der Waals surface area contributed by atoms with Crippen LogP contribution in [0.4, 0.5) is 8.78 Å². The van der Waals surface area contributed by atoms with E-state index in [1.807, 2.05) is 0 Å². The minimum atomic E-state index is -3.87. The number of halogens is 3. The summed E-state index contributed by atoms with van der Waals surface area (Å²) in [7, 11) is 1.32. The summed E-state index contributed by atoms with van der Waals surface area (Å²) in [5.41, 5.74) is 0.143. The molecule has 0 radical (unpaired) electrons. The summed E-state index contributed by atoms with van der Waals surface area (Å²) in [5, 5.41) is 0.305. The normalized spacial score (nSPS) is 12.5. The van der Waals surface area contributed by atoms with Crippen LogP contribution in [0.15, 0.2) is 29.3 Å². The number of hydrogen-bond donors (Lipinski definition) is 1. The molecule has 0 atom stereocenters. The van der Waals surface area contributed by atoms with Crippen molar-refractivity contribution >= 4 is 30.6 Å². The molecule has 1 aromatic carbocycles. The molecule has 0 spiro atoms. The third-order valence-electron chi connectivity index (χ3n) is 2.18. The number of hydrogen-bond acceptors (Lipinski definition) is 2. The largest absolute Gasteiger partial charge is 0.360 e. The Labute approximate surface area is 94.5 Å². The zero-order chi connectivity index (χ0) is 11.9. The van der Waals surface area contributed by atoms with E-state index >= 15 is 0 Å². The Kier molecular flexibility index (Phi) is 2.63. The molecule has 1 heterocycles. The fourth-order valence-electron chi connectivity index (χ4n) is 1.45. The summed E-state index contributed by atoms with van der Waals surface area (Å²) in [6, 6.07) is 3.68. The standard InChI is InChI=1S/C9H6ClF2NO2S/c10-16(14,15)8-4-13-7-3-5(9(11)12)1-2-6(7)8/h1-4,9,13H. The van der Waals surface area contributed by atoms with Gasteiger partial charge in [-0.05, 0) is 6.07 Å². The second-order valence-electron chi connectivity index (χ2n) is 3.20. The predicted octanol–water partition coefficient (Wildman–Crippen LogP) is 3.03. The van der Waals surface area contributed by atoms with E-state index in [-0.39, 0.29) is 10.5 Å². The fraction of sp³-hybridized carbons (Fsp3) is 0.111. The van der Waals surface area contributed by atoms with Crippen LogP contribution in [0.2, 0.25) is 0 Å². The van der Waals surface area contributed by atoms with Crippen molar-refractivity contribution in [2.75, 3.05) is 0 Å². The first-order valence-electron chi connectivity index (χ1n) is 4.23. The summed E-state index contributed by atoms with van der Waals surface area (Å²) in [4.78, 5) is 2.49. The van der Waals surface area contributed by atoms with Gasteiger partial charge in [0.15, 0.2) is 0 Å². The van der Waals surface area contributed by atoms with Gasteiger partial charge in [0, 0.05) is 33.3 Å². The molecular formula is C9H6ClF2NO2S. The Balaban J connectivity index is 2.69. The van der Waals surface area contributed by atoms with Crippen LogP contribution in [-0.2, 0) is 9.05 Å². The first kappa shape index (κ1) is 11.3. The number of nitrogens with one attached hydrogen (secondary N) is 1. The molecule has 0 aliphatic carbocycles. The van der Waals surface area contributed by atoms with Crippen LogP contribution in [0.1, 0.15) is 12.0 Å². The Morgan fingerprint density at radius 2 is 2.00 bits per heavy atom. The third kappa shape index (κ3) is 1.90. The molecule has 0 unspecified atom stereocenters. The number of fused-ring (bicyclic) bond motifs is 1. The number of aromatic nitrogens is 1. The maximum Gasteiger partial charge on any atom is 0.263 e. The molecule has 0 aliphatic heterocycles. The van der Waals surface area contributed by atoms with E-state index in [0.29, 0.717) is 10.9 Å². The molecule has 2 rings (SSSR count). The molecule has 0 saturated heterocycles. The van der Waals surface area contributed by atoms with Crippen molar-refractivity contribution in [2.24, 2.45) is 0 Å². The van der Waals surface area contributed by atoms with E-state index in [1.54, 1.807) is 0 Å². The van der Waals surface area contributed by atoms with E-state index in [0.717, 1.165) is 0 Å². The molecule has 3 nitrogen and oxygen atoms in total. The van der Waals surface area contributed by atoms with Crippen LogP contribution >= 0.6 is 10.7 Å². The molecule has 0 amide bonds. The van der Waals surface area contributed by atoms with Gasteiger partial charge in [-0.15, -0.1) is 0 Å². The summed E-state index contributed by atoms with van der Waals surface area (Å²) in [6.07, 6.45) is -1.41. The average Bonchev–Trinajstić information content (AvgIpc) is 2.58. The minimum absolute atomic E-state index is 0.106. The van der Waals surface area contributed by atoms with Crippen molar-refractivity contribution < 1.29 is 17.2 Å². The van der Waals surface area contributed by atoms with E-state index in [4.69, 9.17) is 10.7 Å². The lowest BCUT2D eigenvalue weighted by Crippen LogP contribution is -1.88. The molecule has 7 heteroatoms. The number of rotatable bonds is 2. The zero-order valence-electron chi connectivity index (χ0n) is 7.75. The monoisotopic (exact) mass is 265 g/mol. The zero-order valence-corrected chi connectivity index (χ0v) is 9.32. The minimum Gasteiger partial charge on any atom is -0.360 e. The summed E-state index contributed by atoms with van der Waals surface area (Å²) in [5.74, 6) is 0. The van der Waals surface area contributed by atoms with E-state index in [9.17, 15) is 17.2 Å². The number of alkyl halides is 2. The van der Waals surface area contributed by atoms with Gasteiger partial charge in [-0.25, -0.2) is 17.2 Å². The molecule has 0 aliphatic rings. The van der Waals surface area contributed by atoms with E-state index in [1.165, 1.54) is 24.4 Å². The molecular weight excluding hydrogens is 260 g/mol. The summed E-state index contributed by atoms with van der Waals surface area (Å²) >= 11 is 0. The van der Waals surface area contributed by atoms with Gasteiger partial charge in [0.2, 0.25) is 0 Å². The fourth-order valence-corrected chi connectivity index (χ4v) is 2.48. The van der Waals surface area contributed by atoms with Gasteiger partial charge < -0.3 is 4.98 Å². The van der Waals surface area contributed by atoms with Crippen LogP contribution in [-0.4, -0.2) is 13.4 Å². The van der Waals surface area contributed by atoms with Crippen molar-refractivity contribution in [3.63, 3.8) is 0 Å². The molecule has 0 bridgehead atoms. The summed E-state index contributed by atoms with van der Waals surface area (Å²) in [6.45, 7) is 0. The molecule has 2 aromatic rings. The van der Waals surface area contributed by atoms with Gasteiger partial charge in [-0.3, -0.25) is 0 Å². The van der Waals surface area contributed by atoms with Crippen LogP contribution in [0.25, 0.3) is 10.9 Å². The van der Waals surface area contributed by atoms with Gasteiger partial charge in [0.05, 0.1) is 0 Å². The van der Waals surface area contributed by atoms with Crippen LogP contribution in [0, 0.1) is 0 Å². The van der Waals surface area contributed by atoms with Crippen molar-refractivity contribution in [3.05, 3.63) is 30.0 Å². The highest BCUT2D eigenvalue weighted by Gasteiger charge is 2.17. The van der Waals surface area contributed by atoms with Crippen molar-refractivity contribution in [1.29, 1.82) is 0 Å². The average molecular weight is 266 g/mol. The van der Waals surface area contributed by atoms with Crippen molar-refractivity contribution in [2.45, 2.75) is 11.3 Å². The Hall–Kier alpha value is -1.14. The Bertz CT molecular complexity index is 636. The summed E-state index contributed by atoms with van der Waals surface area (Å²) < 4.78 is 47.0. The topological polar surface area (TPSA) is 49.9 Å². The lowest BCUT2D eigenvalue weighted by atomic mass is 10.2. The van der Waals surface area contributed by atoms with Gasteiger partial charge in [0.25, 0.3) is 15.5 Å². The maximum absolute atomic E-state index is 12.4. The Morgan fingerprint density at radius 3 is 2.56 bits per heavy atom. The van der Waals surface area contributed by atoms with Gasteiger partial charge >= 0.3 is 0 Å². The van der Waals surface area contributed by atoms with Crippen LogP contribution in [0.5, 0.6) is 0 Å². The second-order valence-corrected chi connectivity index (χ2v) is 5.73. The third-order valence-corrected chi connectivity index (χ3v) is 3.54. The van der Waals surface area contributed by atoms with Crippen LogP contribution in [0.3, 0.4) is 0 Å². The smallest absolute Gasteiger partial charge is 0.263 e. The number of benzene rings is 1. The highest BCUT2D eigenvalue weighted by Crippen LogP contribution is 2.28. The van der Waals surface area contributed by atoms with Crippen LogP contribution < -0.4 is 0 Å². The quantitative estimate of drug-likeness (QED) is 0.849. The Morgan fingerprint density at radius 1 is 1.31 bits per heavy atom. The molecule has 1 N–H and O–H groups in total. The second kappa shape index (κ2) is 3.71. The van der Waals surface area contributed by atoms with E-state index < -0.39 is 15.5 Å². The lowest BCUT2D eigenvalue weighted by molar-refractivity contribution is 0.151. The predicted molar refractivity (Wildman–Crippen MR) is 56.3 cm³/mol. The molecule has 0 saturated carbocycles. The first-order chi connectivity index (χ1) is 7.39. The maximum atomic E-state index is 12.4. The molecule has 16 heavy (non-hydrogen) atoms.